The molecule has 27 heavy (non-hydrogen) atoms. The maximum Gasteiger partial charge on any atom is 0.241 e. The van der Waals surface area contributed by atoms with E-state index in [1.807, 2.05) is 44.2 Å². The Kier molecular flexibility index (Phi) is 6.98. The van der Waals surface area contributed by atoms with Crippen LogP contribution in [0.1, 0.15) is 38.8 Å². The number of methoxy groups -OCH3 is 1. The largest absolute Gasteiger partial charge is 0.495 e. The average Bonchev–Trinajstić information content (AvgIpc) is 2.60. The molecule has 2 N–H and O–H groups in total. The van der Waals surface area contributed by atoms with Crippen molar-refractivity contribution in [3.63, 3.8) is 0 Å². The summed E-state index contributed by atoms with van der Waals surface area (Å²) in [5, 5.41) is 2.60. The predicted octanol–water partition coefficient (Wildman–Crippen LogP) is 3.72. The molecule has 2 aromatic carbocycles. The molecule has 0 aromatic heterocycles. The normalized spacial score (nSPS) is 12.6. The first-order chi connectivity index (χ1) is 12.7. The Balaban J connectivity index is 2.37. The molecule has 2 rings (SSSR count). The van der Waals surface area contributed by atoms with Gasteiger partial charge in [-0.25, -0.2) is 13.1 Å². The number of anilines is 1. The minimum atomic E-state index is -3.79. The first-order valence-corrected chi connectivity index (χ1v) is 10.2. The predicted molar refractivity (Wildman–Crippen MR) is 106 cm³/mol. The third kappa shape index (κ3) is 5.80. The molecule has 7 heteroatoms. The minimum absolute atomic E-state index is 0.0664. The van der Waals surface area contributed by atoms with Crippen LogP contribution in [0.15, 0.2) is 53.4 Å². The number of amides is 1. The molecule has 0 aliphatic carbocycles. The molecule has 2 aromatic rings. The first-order valence-electron chi connectivity index (χ1n) is 8.76. The van der Waals surface area contributed by atoms with Gasteiger partial charge in [0, 0.05) is 13.0 Å². The van der Waals surface area contributed by atoms with E-state index in [1.165, 1.54) is 32.2 Å². The van der Waals surface area contributed by atoms with E-state index in [2.05, 4.69) is 10.0 Å². The monoisotopic (exact) mass is 390 g/mol. The number of nitrogens with one attached hydrogen (secondary N) is 2. The van der Waals surface area contributed by atoms with E-state index in [4.69, 9.17) is 4.74 Å². The van der Waals surface area contributed by atoms with Gasteiger partial charge in [-0.1, -0.05) is 44.2 Å². The number of carbonyl (C=O) groups is 1. The molecule has 0 aliphatic rings. The van der Waals surface area contributed by atoms with E-state index in [9.17, 15) is 13.2 Å². The van der Waals surface area contributed by atoms with E-state index >= 15 is 0 Å². The molecule has 0 saturated carbocycles. The van der Waals surface area contributed by atoms with Crippen molar-refractivity contribution in [2.24, 2.45) is 5.92 Å². The van der Waals surface area contributed by atoms with Crippen molar-refractivity contribution >= 4 is 21.6 Å². The first kappa shape index (κ1) is 20.9. The third-order valence-corrected chi connectivity index (χ3v) is 5.47. The van der Waals surface area contributed by atoms with Crippen LogP contribution in [0.25, 0.3) is 0 Å². The maximum atomic E-state index is 13.0. The maximum absolute atomic E-state index is 13.0. The highest BCUT2D eigenvalue weighted by molar-refractivity contribution is 7.89. The summed E-state index contributed by atoms with van der Waals surface area (Å²) >= 11 is 0. The molecule has 0 bridgehead atoms. The summed E-state index contributed by atoms with van der Waals surface area (Å²) in [6.07, 6.45) is 0.665. The summed E-state index contributed by atoms with van der Waals surface area (Å²) < 4.78 is 33.9. The lowest BCUT2D eigenvalue weighted by molar-refractivity contribution is -0.114. The smallest absolute Gasteiger partial charge is 0.241 e. The lowest BCUT2D eigenvalue weighted by Crippen LogP contribution is -2.29. The van der Waals surface area contributed by atoms with Gasteiger partial charge in [0.05, 0.1) is 17.7 Å². The van der Waals surface area contributed by atoms with Crippen molar-refractivity contribution in [2.45, 2.75) is 38.1 Å². The zero-order chi connectivity index (χ0) is 20.0. The molecule has 1 unspecified atom stereocenters. The molecule has 6 nitrogen and oxygen atoms in total. The van der Waals surface area contributed by atoms with Gasteiger partial charge in [-0.3, -0.25) is 4.79 Å². The highest BCUT2D eigenvalue weighted by Gasteiger charge is 2.23. The van der Waals surface area contributed by atoms with Crippen LogP contribution in [0.2, 0.25) is 0 Å². The summed E-state index contributed by atoms with van der Waals surface area (Å²) in [6, 6.07) is 13.5. The summed E-state index contributed by atoms with van der Waals surface area (Å²) in [4.78, 5) is 11.5. The number of rotatable bonds is 8. The number of ether oxygens (including phenoxy) is 1. The van der Waals surface area contributed by atoms with E-state index in [0.29, 0.717) is 23.8 Å². The van der Waals surface area contributed by atoms with Crippen molar-refractivity contribution in [1.82, 2.24) is 4.72 Å². The van der Waals surface area contributed by atoms with Crippen molar-refractivity contribution in [3.8, 4) is 5.75 Å². The van der Waals surface area contributed by atoms with Gasteiger partial charge in [0.25, 0.3) is 0 Å². The standard InChI is InChI=1S/C20H26N2O4S/c1-14(2)12-18(16-8-6-5-7-9-16)22-27(24,25)17-10-11-20(26-4)19(13-17)21-15(3)23/h5-11,13-14,18,22H,12H2,1-4H3,(H,21,23). The zero-order valence-electron chi connectivity index (χ0n) is 16.0. The molecular weight excluding hydrogens is 364 g/mol. The van der Waals surface area contributed by atoms with Crippen LogP contribution in [0.3, 0.4) is 0 Å². The van der Waals surface area contributed by atoms with Crippen molar-refractivity contribution in [2.75, 3.05) is 12.4 Å². The Bertz CT molecular complexity index is 880. The molecule has 0 heterocycles. The Morgan fingerprint density at radius 2 is 1.78 bits per heavy atom. The van der Waals surface area contributed by atoms with Gasteiger partial charge in [-0.05, 0) is 36.1 Å². The third-order valence-electron chi connectivity index (χ3n) is 4.00. The van der Waals surface area contributed by atoms with Crippen LogP contribution in [-0.2, 0) is 14.8 Å². The molecule has 0 aliphatic heterocycles. The van der Waals surface area contributed by atoms with Gasteiger partial charge in [-0.2, -0.15) is 0 Å². The number of hydrogen-bond acceptors (Lipinski definition) is 4. The molecule has 0 fully saturated rings. The molecule has 0 radical (unpaired) electrons. The zero-order valence-corrected chi connectivity index (χ0v) is 16.8. The summed E-state index contributed by atoms with van der Waals surface area (Å²) in [7, 11) is -2.33. The highest BCUT2D eigenvalue weighted by atomic mass is 32.2. The fourth-order valence-electron chi connectivity index (χ4n) is 2.81. The topological polar surface area (TPSA) is 84.5 Å². The van der Waals surface area contributed by atoms with Gasteiger partial charge in [-0.15, -0.1) is 0 Å². The Morgan fingerprint density at radius 1 is 1.11 bits per heavy atom. The van der Waals surface area contributed by atoms with Gasteiger partial charge in [0.15, 0.2) is 0 Å². The Labute approximate surface area is 161 Å². The van der Waals surface area contributed by atoms with Crippen LogP contribution in [-0.4, -0.2) is 21.4 Å². The van der Waals surface area contributed by atoms with Crippen LogP contribution in [0, 0.1) is 5.92 Å². The SMILES string of the molecule is COc1ccc(S(=O)(=O)NC(CC(C)C)c2ccccc2)cc1NC(C)=O. The van der Waals surface area contributed by atoms with Gasteiger partial charge in [0.2, 0.25) is 15.9 Å². The average molecular weight is 391 g/mol. The van der Waals surface area contributed by atoms with Crippen molar-refractivity contribution in [3.05, 3.63) is 54.1 Å². The molecular formula is C20H26N2O4S. The van der Waals surface area contributed by atoms with Crippen LogP contribution in [0.5, 0.6) is 5.75 Å². The lowest BCUT2D eigenvalue weighted by atomic mass is 9.98. The quantitative estimate of drug-likeness (QED) is 0.719. The second-order valence-corrected chi connectivity index (χ2v) is 8.47. The van der Waals surface area contributed by atoms with E-state index in [1.54, 1.807) is 0 Å². The Hall–Kier alpha value is -2.38. The van der Waals surface area contributed by atoms with Crippen LogP contribution < -0.4 is 14.8 Å². The number of hydrogen-bond donors (Lipinski definition) is 2. The second-order valence-electron chi connectivity index (χ2n) is 6.76. The van der Waals surface area contributed by atoms with Crippen molar-refractivity contribution < 1.29 is 17.9 Å². The van der Waals surface area contributed by atoms with Gasteiger partial charge in [0.1, 0.15) is 5.75 Å². The van der Waals surface area contributed by atoms with E-state index < -0.39 is 10.0 Å². The number of benzene rings is 2. The number of sulfonamides is 1. The second kappa shape index (κ2) is 9.01. The molecule has 0 spiro atoms. The number of carbonyl (C=O) groups excluding carboxylic acids is 1. The van der Waals surface area contributed by atoms with Gasteiger partial charge >= 0.3 is 0 Å². The minimum Gasteiger partial charge on any atom is -0.495 e. The fraction of sp³-hybridized carbons (Fsp3) is 0.350. The Morgan fingerprint density at radius 3 is 2.33 bits per heavy atom. The van der Waals surface area contributed by atoms with Crippen molar-refractivity contribution in [1.29, 1.82) is 0 Å². The molecule has 1 amide bonds. The lowest BCUT2D eigenvalue weighted by Gasteiger charge is -2.21. The van der Waals surface area contributed by atoms with Gasteiger partial charge < -0.3 is 10.1 Å². The molecule has 1 atom stereocenters. The fourth-order valence-corrected chi connectivity index (χ4v) is 4.07. The van der Waals surface area contributed by atoms with Crippen LogP contribution >= 0.6 is 0 Å². The van der Waals surface area contributed by atoms with E-state index in [0.717, 1.165) is 5.56 Å². The van der Waals surface area contributed by atoms with Crippen LogP contribution in [0.4, 0.5) is 5.69 Å². The molecule has 0 saturated heterocycles. The highest BCUT2D eigenvalue weighted by Crippen LogP contribution is 2.29. The van der Waals surface area contributed by atoms with E-state index in [-0.39, 0.29) is 16.8 Å². The summed E-state index contributed by atoms with van der Waals surface area (Å²) in [5.74, 6) is 0.396. The summed E-state index contributed by atoms with van der Waals surface area (Å²) in [6.45, 7) is 5.45. The molecule has 146 valence electrons. The summed E-state index contributed by atoms with van der Waals surface area (Å²) in [5.41, 5.74) is 1.22.